The molecule has 0 unspecified atom stereocenters. The van der Waals surface area contributed by atoms with Gasteiger partial charge in [0.15, 0.2) is 5.65 Å². The largest absolute Gasteiger partial charge is 0.354 e. The Morgan fingerprint density at radius 3 is 2.81 bits per heavy atom. The second kappa shape index (κ2) is 5.69. The second-order valence-electron chi connectivity index (χ2n) is 4.71. The van der Waals surface area contributed by atoms with Gasteiger partial charge in [-0.15, -0.1) is 0 Å². The summed E-state index contributed by atoms with van der Waals surface area (Å²) in [6.45, 7) is 6.83. The van der Waals surface area contributed by atoms with E-state index in [9.17, 15) is 0 Å². The number of aryl methyl sites for hydroxylation is 2. The average Bonchev–Trinajstić information content (AvgIpc) is 2.86. The molecule has 2 N–H and O–H groups in total. The molecule has 0 aliphatic carbocycles. The van der Waals surface area contributed by atoms with E-state index >= 15 is 0 Å². The Balaban J connectivity index is 2.04. The molecular weight excluding hydrogens is 284 g/mol. The predicted molar refractivity (Wildman–Crippen MR) is 83.7 cm³/mol. The van der Waals surface area contributed by atoms with Crippen LogP contribution >= 0.6 is 11.8 Å². The normalized spacial score (nSPS) is 11.0. The Morgan fingerprint density at radius 2 is 2.05 bits per heavy atom. The molecule has 0 spiro atoms. The Bertz CT molecular complexity index is 762. The Kier molecular flexibility index (Phi) is 3.74. The molecule has 21 heavy (non-hydrogen) atoms. The summed E-state index contributed by atoms with van der Waals surface area (Å²) in [6, 6.07) is 4.11. The molecule has 0 aliphatic heterocycles. The number of aromatic nitrogens is 5. The summed E-state index contributed by atoms with van der Waals surface area (Å²) in [4.78, 5) is 20.8. The maximum absolute atomic E-state index is 4.55. The maximum atomic E-state index is 4.55. The average molecular weight is 300 g/mol. The molecule has 6 nitrogen and oxygen atoms in total. The van der Waals surface area contributed by atoms with Gasteiger partial charge in [0.05, 0.1) is 6.33 Å². The number of hydrogen-bond acceptors (Lipinski definition) is 6. The van der Waals surface area contributed by atoms with Gasteiger partial charge >= 0.3 is 0 Å². The summed E-state index contributed by atoms with van der Waals surface area (Å²) < 4.78 is 0. The molecule has 0 radical (unpaired) electrons. The number of fused-ring (bicyclic) bond motifs is 1. The van der Waals surface area contributed by atoms with Gasteiger partial charge < -0.3 is 10.3 Å². The van der Waals surface area contributed by atoms with Crippen LogP contribution in [0.5, 0.6) is 0 Å². The number of nitrogens with one attached hydrogen (secondary N) is 2. The highest BCUT2D eigenvalue weighted by atomic mass is 32.2. The van der Waals surface area contributed by atoms with Crippen LogP contribution in [0.2, 0.25) is 0 Å². The molecule has 0 aliphatic rings. The third-order valence-corrected chi connectivity index (χ3v) is 3.77. The molecule has 0 fully saturated rings. The fourth-order valence-electron chi connectivity index (χ4n) is 2.07. The van der Waals surface area contributed by atoms with Crippen molar-refractivity contribution in [3.63, 3.8) is 0 Å². The predicted octanol–water partition coefficient (Wildman–Crippen LogP) is 2.95. The van der Waals surface area contributed by atoms with Crippen LogP contribution in [0.15, 0.2) is 28.5 Å². The van der Waals surface area contributed by atoms with Crippen LogP contribution in [0.4, 0.5) is 5.95 Å². The van der Waals surface area contributed by atoms with E-state index in [1.165, 1.54) is 17.3 Å². The summed E-state index contributed by atoms with van der Waals surface area (Å²) in [5.41, 5.74) is 3.68. The highest BCUT2D eigenvalue weighted by molar-refractivity contribution is 7.99. The molecule has 3 aromatic heterocycles. The topological polar surface area (TPSA) is 79.4 Å². The number of H-pyrrole nitrogens is 1. The smallest absolute Gasteiger partial charge is 0.225 e. The molecule has 0 aromatic carbocycles. The Morgan fingerprint density at radius 1 is 1.19 bits per heavy atom. The van der Waals surface area contributed by atoms with Crippen molar-refractivity contribution in [3.05, 3.63) is 29.7 Å². The summed E-state index contributed by atoms with van der Waals surface area (Å²) in [5.74, 6) is 0.587. The molecule has 3 aromatic rings. The number of rotatable bonds is 4. The van der Waals surface area contributed by atoms with E-state index in [0.29, 0.717) is 11.6 Å². The number of nitrogens with zero attached hydrogens (tertiary/aromatic N) is 4. The van der Waals surface area contributed by atoms with Crippen LogP contribution in [-0.4, -0.2) is 31.5 Å². The van der Waals surface area contributed by atoms with Crippen molar-refractivity contribution in [3.8, 4) is 0 Å². The SMILES string of the molecule is CCNc1nc(Sc2cc(C)cc(C)n2)c2[nH]cnc2n1. The summed E-state index contributed by atoms with van der Waals surface area (Å²) in [5, 5.41) is 4.87. The van der Waals surface area contributed by atoms with Crippen LogP contribution in [0.25, 0.3) is 11.2 Å². The van der Waals surface area contributed by atoms with Crippen molar-refractivity contribution >= 4 is 28.9 Å². The van der Waals surface area contributed by atoms with Crippen molar-refractivity contribution in [2.24, 2.45) is 0 Å². The first-order chi connectivity index (χ1) is 10.2. The second-order valence-corrected chi connectivity index (χ2v) is 5.72. The van der Waals surface area contributed by atoms with E-state index in [-0.39, 0.29) is 0 Å². The minimum Gasteiger partial charge on any atom is -0.354 e. The maximum Gasteiger partial charge on any atom is 0.225 e. The first-order valence-electron chi connectivity index (χ1n) is 6.74. The van der Waals surface area contributed by atoms with Crippen molar-refractivity contribution < 1.29 is 0 Å². The van der Waals surface area contributed by atoms with E-state index in [1.54, 1.807) is 6.33 Å². The number of hydrogen-bond donors (Lipinski definition) is 2. The third kappa shape index (κ3) is 2.97. The number of imidazole rings is 1. The fourth-order valence-corrected chi connectivity index (χ4v) is 3.09. The minimum atomic E-state index is 0.587. The molecule has 0 bridgehead atoms. The van der Waals surface area contributed by atoms with E-state index < -0.39 is 0 Å². The first kappa shape index (κ1) is 13.8. The van der Waals surface area contributed by atoms with Crippen molar-refractivity contribution in [2.75, 3.05) is 11.9 Å². The molecule has 3 rings (SSSR count). The zero-order chi connectivity index (χ0) is 14.8. The van der Waals surface area contributed by atoms with E-state index in [0.717, 1.165) is 27.8 Å². The monoisotopic (exact) mass is 300 g/mol. The fraction of sp³-hybridized carbons (Fsp3) is 0.286. The van der Waals surface area contributed by atoms with E-state index in [1.807, 2.05) is 13.8 Å². The standard InChI is InChI=1S/C14H16N6S/c1-4-15-14-19-12-11(16-7-17-12)13(20-14)21-10-6-8(2)5-9(3)18-10/h5-7H,4H2,1-3H3,(H2,15,16,17,19,20). The van der Waals surface area contributed by atoms with Gasteiger partial charge in [-0.1, -0.05) is 0 Å². The van der Waals surface area contributed by atoms with Gasteiger partial charge in [0, 0.05) is 12.2 Å². The molecule has 0 saturated carbocycles. The molecule has 3 heterocycles. The summed E-state index contributed by atoms with van der Waals surface area (Å²) >= 11 is 1.52. The molecule has 0 atom stereocenters. The Labute approximate surface area is 126 Å². The molecule has 7 heteroatoms. The van der Waals surface area contributed by atoms with Crippen molar-refractivity contribution in [1.82, 2.24) is 24.9 Å². The number of aromatic amines is 1. The third-order valence-electron chi connectivity index (χ3n) is 2.86. The highest BCUT2D eigenvalue weighted by Gasteiger charge is 2.12. The molecular formula is C14H16N6S. The summed E-state index contributed by atoms with van der Waals surface area (Å²) in [6.07, 6.45) is 1.63. The van der Waals surface area contributed by atoms with Crippen LogP contribution in [0, 0.1) is 13.8 Å². The zero-order valence-corrected chi connectivity index (χ0v) is 13.0. The van der Waals surface area contributed by atoms with E-state index in [2.05, 4.69) is 49.3 Å². The van der Waals surface area contributed by atoms with Crippen molar-refractivity contribution in [1.29, 1.82) is 0 Å². The first-order valence-corrected chi connectivity index (χ1v) is 7.55. The van der Waals surface area contributed by atoms with Crippen LogP contribution in [-0.2, 0) is 0 Å². The minimum absolute atomic E-state index is 0.587. The van der Waals surface area contributed by atoms with Crippen LogP contribution in [0.1, 0.15) is 18.2 Å². The zero-order valence-electron chi connectivity index (χ0n) is 12.1. The Hall–Kier alpha value is -2.15. The van der Waals surface area contributed by atoms with Gasteiger partial charge in [0.2, 0.25) is 5.95 Å². The number of anilines is 1. The van der Waals surface area contributed by atoms with Gasteiger partial charge in [0.1, 0.15) is 15.6 Å². The number of pyridine rings is 1. The lowest BCUT2D eigenvalue weighted by atomic mass is 10.3. The van der Waals surface area contributed by atoms with E-state index in [4.69, 9.17) is 0 Å². The summed E-state index contributed by atoms with van der Waals surface area (Å²) in [7, 11) is 0. The van der Waals surface area contributed by atoms with Gasteiger partial charge in [-0.05, 0) is 50.2 Å². The van der Waals surface area contributed by atoms with Gasteiger partial charge in [0.25, 0.3) is 0 Å². The van der Waals surface area contributed by atoms with Crippen LogP contribution in [0.3, 0.4) is 0 Å². The van der Waals surface area contributed by atoms with Gasteiger partial charge in [-0.2, -0.15) is 4.98 Å². The van der Waals surface area contributed by atoms with Crippen LogP contribution < -0.4 is 5.32 Å². The van der Waals surface area contributed by atoms with Gasteiger partial charge in [-0.3, -0.25) is 0 Å². The highest BCUT2D eigenvalue weighted by Crippen LogP contribution is 2.30. The van der Waals surface area contributed by atoms with Crippen molar-refractivity contribution in [2.45, 2.75) is 30.8 Å². The molecule has 0 amide bonds. The molecule has 0 saturated heterocycles. The lowest BCUT2D eigenvalue weighted by Gasteiger charge is -2.06. The van der Waals surface area contributed by atoms with Gasteiger partial charge in [-0.25, -0.2) is 15.0 Å². The lowest BCUT2D eigenvalue weighted by molar-refractivity contribution is 1.02. The lowest BCUT2D eigenvalue weighted by Crippen LogP contribution is -2.03. The molecule has 108 valence electrons. The quantitative estimate of drug-likeness (QED) is 0.721.